The molecule has 1 N–H and O–H groups in total. The molecule has 0 bridgehead atoms. The zero-order chi connectivity index (χ0) is 14.4. The maximum absolute atomic E-state index is 13.5. The van der Waals surface area contributed by atoms with E-state index in [1.807, 2.05) is 24.3 Å². The Morgan fingerprint density at radius 1 is 1.15 bits per heavy atom. The molecule has 0 fully saturated rings. The van der Waals surface area contributed by atoms with Gasteiger partial charge in [0.05, 0.1) is 5.02 Å². The van der Waals surface area contributed by atoms with Crippen molar-refractivity contribution in [3.63, 3.8) is 0 Å². The zero-order valence-corrected chi connectivity index (χ0v) is 12.3. The zero-order valence-electron chi connectivity index (χ0n) is 11.6. The number of rotatable bonds is 6. The Labute approximate surface area is 124 Å². The van der Waals surface area contributed by atoms with Crippen molar-refractivity contribution in [3.8, 4) is 0 Å². The van der Waals surface area contributed by atoms with Crippen molar-refractivity contribution < 1.29 is 4.39 Å². The monoisotopic (exact) mass is 291 g/mol. The summed E-state index contributed by atoms with van der Waals surface area (Å²) < 4.78 is 13.5. The number of likely N-dealkylation sites (N-methyl/N-ethyl adjacent to an activating group) is 1. The Balaban J connectivity index is 2.17. The number of halogens is 2. The predicted octanol–water partition coefficient (Wildman–Crippen LogP) is 4.41. The summed E-state index contributed by atoms with van der Waals surface area (Å²) in [6, 6.07) is 15.4. The summed E-state index contributed by atoms with van der Waals surface area (Å²) in [7, 11) is 0. The van der Waals surface area contributed by atoms with Gasteiger partial charge in [0.25, 0.3) is 0 Å². The third kappa shape index (κ3) is 4.06. The average molecular weight is 292 g/mol. The molecule has 20 heavy (non-hydrogen) atoms. The molecule has 0 heterocycles. The van der Waals surface area contributed by atoms with Crippen LogP contribution in [0.5, 0.6) is 0 Å². The topological polar surface area (TPSA) is 12.0 Å². The first kappa shape index (κ1) is 15.0. The highest BCUT2D eigenvalue weighted by atomic mass is 35.5. The second-order valence-corrected chi connectivity index (χ2v) is 5.28. The lowest BCUT2D eigenvalue weighted by molar-refractivity contribution is 0.588. The van der Waals surface area contributed by atoms with Gasteiger partial charge in [-0.05, 0) is 36.2 Å². The molecule has 0 aromatic heterocycles. The minimum Gasteiger partial charge on any atom is -0.316 e. The molecular formula is C17H19ClFN. The highest BCUT2D eigenvalue weighted by Crippen LogP contribution is 2.23. The smallest absolute Gasteiger partial charge is 0.142 e. The summed E-state index contributed by atoms with van der Waals surface area (Å²) in [5.41, 5.74) is 2.24. The van der Waals surface area contributed by atoms with Gasteiger partial charge in [-0.3, -0.25) is 0 Å². The fourth-order valence-electron chi connectivity index (χ4n) is 2.30. The van der Waals surface area contributed by atoms with E-state index >= 15 is 0 Å². The van der Waals surface area contributed by atoms with Crippen LogP contribution >= 0.6 is 11.6 Å². The van der Waals surface area contributed by atoms with Crippen molar-refractivity contribution in [3.05, 3.63) is 70.5 Å². The van der Waals surface area contributed by atoms with Crippen LogP contribution in [0.15, 0.2) is 48.5 Å². The Morgan fingerprint density at radius 2 is 1.90 bits per heavy atom. The molecule has 2 aromatic rings. The molecule has 0 radical (unpaired) electrons. The minimum absolute atomic E-state index is 0.177. The fraction of sp³-hybridized carbons (Fsp3) is 0.294. The Morgan fingerprint density at radius 3 is 2.55 bits per heavy atom. The van der Waals surface area contributed by atoms with Gasteiger partial charge in [0.2, 0.25) is 0 Å². The van der Waals surface area contributed by atoms with Gasteiger partial charge in [-0.25, -0.2) is 4.39 Å². The van der Waals surface area contributed by atoms with Crippen LogP contribution < -0.4 is 5.32 Å². The second-order valence-electron chi connectivity index (χ2n) is 4.87. The average Bonchev–Trinajstić information content (AvgIpc) is 2.48. The molecule has 0 aliphatic rings. The minimum atomic E-state index is -0.348. The normalized spacial score (nSPS) is 12.3. The molecule has 1 nitrogen and oxygen atoms in total. The first-order chi connectivity index (χ1) is 9.70. The van der Waals surface area contributed by atoms with Crippen molar-refractivity contribution in [1.29, 1.82) is 0 Å². The molecule has 1 unspecified atom stereocenters. The van der Waals surface area contributed by atoms with Gasteiger partial charge in [-0.15, -0.1) is 0 Å². The molecule has 0 saturated carbocycles. The third-order valence-electron chi connectivity index (χ3n) is 3.38. The van der Waals surface area contributed by atoms with Crippen LogP contribution in [0.25, 0.3) is 0 Å². The second kappa shape index (κ2) is 7.41. The molecule has 3 heteroatoms. The van der Waals surface area contributed by atoms with Crippen LogP contribution in [0.4, 0.5) is 4.39 Å². The molecule has 0 aliphatic heterocycles. The summed E-state index contributed by atoms with van der Waals surface area (Å²) in [6.07, 6.45) is 0.797. The van der Waals surface area contributed by atoms with E-state index < -0.39 is 0 Å². The van der Waals surface area contributed by atoms with Crippen LogP contribution in [-0.4, -0.2) is 13.1 Å². The first-order valence-corrected chi connectivity index (χ1v) is 7.28. The van der Waals surface area contributed by atoms with Crippen molar-refractivity contribution in [2.24, 2.45) is 0 Å². The van der Waals surface area contributed by atoms with Gasteiger partial charge < -0.3 is 5.32 Å². The summed E-state index contributed by atoms with van der Waals surface area (Å²) in [5, 5.41) is 3.55. The van der Waals surface area contributed by atoms with Gasteiger partial charge in [-0.2, -0.15) is 0 Å². The van der Waals surface area contributed by atoms with Crippen LogP contribution in [-0.2, 0) is 6.42 Å². The van der Waals surface area contributed by atoms with Crippen LogP contribution in [0.3, 0.4) is 0 Å². The Bertz CT molecular complexity index is 542. The van der Waals surface area contributed by atoms with Gasteiger partial charge in [0.1, 0.15) is 5.82 Å². The summed E-state index contributed by atoms with van der Waals surface area (Å²) in [5.74, 6) is -0.0174. The molecule has 0 aliphatic carbocycles. The van der Waals surface area contributed by atoms with Crippen molar-refractivity contribution in [1.82, 2.24) is 5.32 Å². The van der Waals surface area contributed by atoms with Crippen LogP contribution in [0.2, 0.25) is 5.02 Å². The SMILES string of the molecule is CCNCC(Cc1ccc(Cl)c(F)c1)c1ccccc1. The van der Waals surface area contributed by atoms with Crippen molar-refractivity contribution in [2.45, 2.75) is 19.3 Å². The highest BCUT2D eigenvalue weighted by molar-refractivity contribution is 6.30. The Hall–Kier alpha value is -1.38. The van der Waals surface area contributed by atoms with E-state index in [0.717, 1.165) is 25.1 Å². The molecule has 1 atom stereocenters. The Kier molecular flexibility index (Phi) is 5.57. The van der Waals surface area contributed by atoms with Gasteiger partial charge in [0, 0.05) is 12.5 Å². The number of hydrogen-bond acceptors (Lipinski definition) is 1. The molecule has 2 rings (SSSR count). The van der Waals surface area contributed by atoms with E-state index in [0.29, 0.717) is 5.92 Å². The van der Waals surface area contributed by atoms with E-state index in [9.17, 15) is 4.39 Å². The first-order valence-electron chi connectivity index (χ1n) is 6.90. The maximum atomic E-state index is 13.5. The summed E-state index contributed by atoms with van der Waals surface area (Å²) in [6.45, 7) is 3.90. The lowest BCUT2D eigenvalue weighted by Crippen LogP contribution is -2.22. The lowest BCUT2D eigenvalue weighted by Gasteiger charge is -2.18. The summed E-state index contributed by atoms with van der Waals surface area (Å²) in [4.78, 5) is 0. The number of nitrogens with one attached hydrogen (secondary N) is 1. The molecule has 2 aromatic carbocycles. The maximum Gasteiger partial charge on any atom is 0.142 e. The standard InChI is InChI=1S/C17H19ClFN/c1-2-20-12-15(14-6-4-3-5-7-14)10-13-8-9-16(18)17(19)11-13/h3-9,11,15,20H,2,10,12H2,1H3. The van der Waals surface area contributed by atoms with E-state index in [2.05, 4.69) is 24.4 Å². The lowest BCUT2D eigenvalue weighted by atomic mass is 9.92. The molecular weight excluding hydrogens is 273 g/mol. The van der Waals surface area contributed by atoms with E-state index in [-0.39, 0.29) is 10.8 Å². The highest BCUT2D eigenvalue weighted by Gasteiger charge is 2.12. The third-order valence-corrected chi connectivity index (χ3v) is 3.68. The van der Waals surface area contributed by atoms with E-state index in [4.69, 9.17) is 11.6 Å². The van der Waals surface area contributed by atoms with Crippen LogP contribution in [0, 0.1) is 5.82 Å². The predicted molar refractivity (Wildman–Crippen MR) is 82.8 cm³/mol. The van der Waals surface area contributed by atoms with Gasteiger partial charge >= 0.3 is 0 Å². The molecule has 106 valence electrons. The number of hydrogen-bond donors (Lipinski definition) is 1. The summed E-state index contributed by atoms with van der Waals surface area (Å²) >= 11 is 5.73. The fourth-order valence-corrected chi connectivity index (χ4v) is 2.42. The van der Waals surface area contributed by atoms with Crippen LogP contribution in [0.1, 0.15) is 24.0 Å². The molecule has 0 spiro atoms. The molecule has 0 amide bonds. The largest absolute Gasteiger partial charge is 0.316 e. The van der Waals surface area contributed by atoms with Gasteiger partial charge in [0.15, 0.2) is 0 Å². The van der Waals surface area contributed by atoms with Crippen molar-refractivity contribution in [2.75, 3.05) is 13.1 Å². The molecule has 0 saturated heterocycles. The van der Waals surface area contributed by atoms with Crippen molar-refractivity contribution >= 4 is 11.6 Å². The van der Waals surface area contributed by atoms with Gasteiger partial charge in [-0.1, -0.05) is 54.9 Å². The van der Waals surface area contributed by atoms with E-state index in [1.54, 1.807) is 6.07 Å². The van der Waals surface area contributed by atoms with E-state index in [1.165, 1.54) is 11.6 Å². The quantitative estimate of drug-likeness (QED) is 0.831. The number of benzene rings is 2.